The second kappa shape index (κ2) is 20.1. The molecule has 5 aliphatic heterocycles. The van der Waals surface area contributed by atoms with E-state index in [9.17, 15) is 30.0 Å². The zero-order valence-electron chi connectivity index (χ0n) is 38.0. The van der Waals surface area contributed by atoms with E-state index in [1.54, 1.807) is 0 Å². The van der Waals surface area contributed by atoms with Crippen LogP contribution in [0, 0.1) is 71.0 Å². The van der Waals surface area contributed by atoms with Gasteiger partial charge < -0.3 is 61.6 Å². The van der Waals surface area contributed by atoms with Crippen molar-refractivity contribution in [2.75, 3.05) is 45.9 Å². The fraction of sp³-hybridized carbons (Fsp3) is 0.917. The first-order valence-corrected chi connectivity index (χ1v) is 24.9. The average Bonchev–Trinajstić information content (AvgIpc) is 3.31. The number of allylic oxidation sites excluding steroid dienone is 1. The highest BCUT2D eigenvalue weighted by molar-refractivity contribution is 5.89. The second-order valence-electron chi connectivity index (χ2n) is 21.1. The Hall–Kier alpha value is -1.56. The summed E-state index contributed by atoms with van der Waals surface area (Å²) in [7, 11) is 0. The summed E-state index contributed by atoms with van der Waals surface area (Å²) < 4.78 is 21.6. The highest BCUT2D eigenvalue weighted by atomic mass is 16.6. The van der Waals surface area contributed by atoms with Gasteiger partial charge in [-0.25, -0.2) is 4.79 Å². The van der Waals surface area contributed by atoms with Gasteiger partial charge in [-0.05, 0) is 164 Å². The topological polar surface area (TPSA) is 217 Å². The van der Waals surface area contributed by atoms with Crippen LogP contribution >= 0.6 is 0 Å². The molecule has 0 spiro atoms. The monoisotopic (exact) mass is 872 g/mol. The van der Waals surface area contributed by atoms with E-state index in [1.165, 1.54) is 0 Å². The van der Waals surface area contributed by atoms with Crippen molar-refractivity contribution < 1.29 is 44.2 Å². The van der Waals surface area contributed by atoms with E-state index < -0.39 is 65.9 Å². The van der Waals surface area contributed by atoms with Crippen molar-refractivity contribution >= 4 is 11.8 Å². The maximum absolute atomic E-state index is 14.4. The zero-order chi connectivity index (χ0) is 43.9. The van der Waals surface area contributed by atoms with Crippen molar-refractivity contribution in [2.24, 2.45) is 76.7 Å². The Balaban J connectivity index is 1.31. The number of hydrogen-bond acceptors (Lipinski definition) is 14. The summed E-state index contributed by atoms with van der Waals surface area (Å²) in [5.41, 5.74) is 6.91. The Morgan fingerprint density at radius 2 is 1.71 bits per heavy atom. The van der Waals surface area contributed by atoms with Crippen LogP contribution in [0.4, 0.5) is 0 Å². The number of fused-ring (bicyclic) bond motifs is 5. The number of rotatable bonds is 11. The number of hydrogen-bond donors (Lipinski definition) is 9. The number of piperidine rings is 2. The van der Waals surface area contributed by atoms with E-state index in [-0.39, 0.29) is 79.2 Å². The molecule has 3 aliphatic carbocycles. The van der Waals surface area contributed by atoms with Crippen molar-refractivity contribution in [3.8, 4) is 0 Å². The maximum Gasteiger partial charge on any atom is 0.335 e. The molecule has 0 aromatic heterocycles. The maximum atomic E-state index is 14.4. The Kier molecular flexibility index (Phi) is 15.2. The lowest BCUT2D eigenvalue weighted by Gasteiger charge is -2.63. The minimum Gasteiger partial charge on any atom is -0.456 e. The van der Waals surface area contributed by atoms with Crippen LogP contribution in [0.15, 0.2) is 11.6 Å². The number of carbonyl (C=O) groups is 2. The lowest BCUT2D eigenvalue weighted by Crippen LogP contribution is -2.72. The van der Waals surface area contributed by atoms with Crippen molar-refractivity contribution in [3.05, 3.63) is 11.6 Å². The number of ether oxygens (including phenoxy) is 3. The number of ketones is 1. The molecule has 10 N–H and O–H groups in total. The zero-order valence-corrected chi connectivity index (χ0v) is 38.0. The van der Waals surface area contributed by atoms with Gasteiger partial charge in [-0.15, -0.1) is 0 Å². The molecule has 0 radical (unpaired) electrons. The Labute approximate surface area is 370 Å². The molecular weight excluding hydrogens is 791 g/mol. The van der Waals surface area contributed by atoms with Gasteiger partial charge in [0, 0.05) is 37.0 Å². The first kappa shape index (κ1) is 47.0. The number of esters is 1. The van der Waals surface area contributed by atoms with Gasteiger partial charge in [0.15, 0.2) is 0 Å². The number of Topliss-reactive ketones (excluding diaryl/α,β-unsaturated/α-hetero) is 1. The Bertz CT molecular complexity index is 1560. The number of aliphatic hydroxyl groups is 4. The van der Waals surface area contributed by atoms with E-state index in [0.717, 1.165) is 77.4 Å². The third-order valence-electron chi connectivity index (χ3n) is 18.1. The normalized spacial score (nSPS) is 48.4. The quantitative estimate of drug-likeness (QED) is 0.108. The largest absolute Gasteiger partial charge is 0.456 e. The fourth-order valence-corrected chi connectivity index (χ4v) is 15.1. The van der Waals surface area contributed by atoms with Crippen LogP contribution < -0.4 is 27.0 Å². The number of nitrogens with one attached hydrogen (secondary N) is 4. The molecule has 8 aliphatic rings. The van der Waals surface area contributed by atoms with Gasteiger partial charge in [-0.2, -0.15) is 0 Å². The SMILES string of the molecule is CC=C(CNCC)C(=O)O[C@H]1CC2C(O)C3C(=O)CC(CO)OC3C3C2O[C@@]1(C)[C@H](CC1CCC(NCC)NC1)CC1CCC2CCC(O)CC2C(CO)C3C2CCNC(N)C12. The van der Waals surface area contributed by atoms with E-state index >= 15 is 0 Å². The van der Waals surface area contributed by atoms with Crippen LogP contribution in [-0.4, -0.2) is 133 Å². The summed E-state index contributed by atoms with van der Waals surface area (Å²) >= 11 is 0. The number of aliphatic hydroxyl groups excluding tert-OH is 4. The molecule has 62 heavy (non-hydrogen) atoms. The predicted octanol–water partition coefficient (Wildman–Crippen LogP) is 2.21. The van der Waals surface area contributed by atoms with E-state index in [0.29, 0.717) is 43.3 Å². The van der Waals surface area contributed by atoms with Crippen LogP contribution in [0.1, 0.15) is 105 Å². The van der Waals surface area contributed by atoms with Crippen LogP contribution in [-0.2, 0) is 23.8 Å². The molecule has 3 saturated carbocycles. The molecule has 0 aromatic rings. The van der Waals surface area contributed by atoms with E-state index in [4.69, 9.17) is 19.9 Å². The van der Waals surface area contributed by atoms with Crippen LogP contribution in [0.5, 0.6) is 0 Å². The molecule has 0 amide bonds. The molecule has 8 rings (SSSR count). The highest BCUT2D eigenvalue weighted by Gasteiger charge is 2.67. The minimum atomic E-state index is -1.12. The summed E-state index contributed by atoms with van der Waals surface area (Å²) in [6, 6.07) is 0. The van der Waals surface area contributed by atoms with Gasteiger partial charge in [0.1, 0.15) is 17.5 Å². The van der Waals surface area contributed by atoms with E-state index in [2.05, 4.69) is 35.1 Å². The Morgan fingerprint density at radius 3 is 2.42 bits per heavy atom. The van der Waals surface area contributed by atoms with Gasteiger partial charge in [0.05, 0.1) is 55.4 Å². The number of likely N-dealkylation sites (N-methyl/N-ethyl adjacent to an activating group) is 1. The predicted molar refractivity (Wildman–Crippen MR) is 234 cm³/mol. The first-order chi connectivity index (χ1) is 29.9. The van der Waals surface area contributed by atoms with Crippen molar-refractivity contribution in [1.29, 1.82) is 0 Å². The lowest BCUT2D eigenvalue weighted by atomic mass is 9.50. The van der Waals surface area contributed by atoms with Gasteiger partial charge in [-0.1, -0.05) is 19.9 Å². The average molecular weight is 872 g/mol. The summed E-state index contributed by atoms with van der Waals surface area (Å²) in [4.78, 5) is 28.8. The highest BCUT2D eigenvalue weighted by Crippen LogP contribution is 2.61. The van der Waals surface area contributed by atoms with E-state index in [1.807, 2.05) is 19.9 Å². The third kappa shape index (κ3) is 8.99. The summed E-state index contributed by atoms with van der Waals surface area (Å²) in [5, 5.41) is 60.8. The Morgan fingerprint density at radius 1 is 0.919 bits per heavy atom. The lowest BCUT2D eigenvalue weighted by molar-refractivity contribution is -0.311. The molecule has 21 atom stereocenters. The second-order valence-corrected chi connectivity index (χ2v) is 21.1. The smallest absolute Gasteiger partial charge is 0.335 e. The number of carbonyl (C=O) groups excluding carboxylic acids is 2. The summed E-state index contributed by atoms with van der Waals surface area (Å²) in [6.45, 7) is 11.3. The molecule has 0 aromatic carbocycles. The van der Waals surface area contributed by atoms with Crippen LogP contribution in [0.25, 0.3) is 0 Å². The molecule has 18 unspecified atom stereocenters. The molecule has 5 heterocycles. The minimum absolute atomic E-state index is 0.00490. The molecule has 14 nitrogen and oxygen atoms in total. The van der Waals surface area contributed by atoms with Crippen molar-refractivity contribution in [2.45, 2.75) is 159 Å². The van der Waals surface area contributed by atoms with Gasteiger partial charge in [-0.3, -0.25) is 4.79 Å². The number of nitrogens with two attached hydrogens (primary N) is 1. The molecule has 5 saturated heterocycles. The van der Waals surface area contributed by atoms with Gasteiger partial charge in [0.25, 0.3) is 0 Å². The van der Waals surface area contributed by atoms with Crippen LogP contribution in [0.2, 0.25) is 0 Å². The third-order valence-corrected chi connectivity index (χ3v) is 18.1. The first-order valence-electron chi connectivity index (χ1n) is 24.9. The van der Waals surface area contributed by atoms with Crippen molar-refractivity contribution in [3.63, 3.8) is 0 Å². The fourth-order valence-electron chi connectivity index (χ4n) is 15.1. The summed E-state index contributed by atoms with van der Waals surface area (Å²) in [5.74, 6) is -1.92. The summed E-state index contributed by atoms with van der Waals surface area (Å²) in [6.07, 6.45) is 6.49. The standard InChI is InChI=1S/C48H81N5O9/c1-5-26(22-50-6-2)47(59)61-37-20-34-43(58)41-36(57)19-31(23-54)60-45(41)42-40-32-14-15-52-46(49)39(32)28(10-9-27-11-12-30(56)18-33(27)35(40)24-55)17-29(48(37,4)62-44(34)42)16-25-8-13-38(51-7-3)53-21-25/h5,25,27-35,37-46,50-56,58H,6-24,49H2,1-4H3/t25?,27?,28?,29-,30?,31?,32?,33?,34?,35?,37+,38?,39?,40?,41?,42?,43?,44?,45?,46?,48+/m1/s1. The molecular formula is C48H81N5O9. The van der Waals surface area contributed by atoms with Gasteiger partial charge in [0.2, 0.25) is 0 Å². The van der Waals surface area contributed by atoms with Crippen LogP contribution in [0.3, 0.4) is 0 Å². The molecule has 4 bridgehead atoms. The molecule has 14 heteroatoms. The molecule has 352 valence electrons. The van der Waals surface area contributed by atoms with Crippen molar-refractivity contribution in [1.82, 2.24) is 21.3 Å². The molecule has 8 fully saturated rings. The van der Waals surface area contributed by atoms with Gasteiger partial charge >= 0.3 is 5.97 Å².